The van der Waals surface area contributed by atoms with Gasteiger partial charge in [0.2, 0.25) is 5.28 Å². The molecule has 0 bridgehead atoms. The number of ether oxygens (including phenoxy) is 1. The van der Waals surface area contributed by atoms with Gasteiger partial charge < -0.3 is 14.2 Å². The normalized spacial score (nSPS) is 22.6. The first-order valence-electron chi connectivity index (χ1n) is 6.12. The Morgan fingerprint density at radius 3 is 3.05 bits per heavy atom. The van der Waals surface area contributed by atoms with E-state index in [0.717, 1.165) is 0 Å². The molecule has 2 heterocycles. The molecule has 1 aliphatic rings. The molecule has 0 spiro atoms. The predicted octanol–water partition coefficient (Wildman–Crippen LogP) is 1.23. The molecule has 3 atom stereocenters. The zero-order valence-corrected chi connectivity index (χ0v) is 12.7. The maximum atomic E-state index is 10.6. The van der Waals surface area contributed by atoms with E-state index in [-0.39, 0.29) is 11.3 Å². The summed E-state index contributed by atoms with van der Waals surface area (Å²) in [5, 5.41) is 0.0586. The van der Waals surface area contributed by atoms with Crippen molar-refractivity contribution in [1.82, 2.24) is 9.97 Å². The van der Waals surface area contributed by atoms with Crippen LogP contribution in [0.5, 0.6) is 0 Å². The summed E-state index contributed by atoms with van der Waals surface area (Å²) in [4.78, 5) is 10.2. The van der Waals surface area contributed by atoms with Crippen molar-refractivity contribution in [2.24, 2.45) is 0 Å². The molecule has 1 aliphatic heterocycles. The van der Waals surface area contributed by atoms with Gasteiger partial charge in [0, 0.05) is 12.6 Å². The lowest BCUT2D eigenvalue weighted by Crippen LogP contribution is -2.44. The Kier molecular flexibility index (Phi) is 5.28. The lowest BCUT2D eigenvalue weighted by molar-refractivity contribution is 0.0985. The minimum absolute atomic E-state index is 0.0586. The quantitative estimate of drug-likeness (QED) is 0.609. The van der Waals surface area contributed by atoms with Crippen molar-refractivity contribution in [3.05, 3.63) is 17.0 Å². The number of hydrogen-bond donors (Lipinski definition) is 0. The Morgan fingerprint density at radius 2 is 2.40 bits per heavy atom. The summed E-state index contributed by atoms with van der Waals surface area (Å²) >= 11 is 3.30. The van der Waals surface area contributed by atoms with Crippen molar-refractivity contribution in [2.45, 2.75) is 26.0 Å². The minimum Gasteiger partial charge on any atom is -0.750 e. The van der Waals surface area contributed by atoms with E-state index in [9.17, 15) is 8.76 Å². The first-order valence-corrected chi connectivity index (χ1v) is 7.50. The molecule has 0 saturated carbocycles. The molecule has 1 fully saturated rings. The first kappa shape index (κ1) is 15.6. The van der Waals surface area contributed by atoms with Gasteiger partial charge in [-0.2, -0.15) is 0 Å². The standard InChI is InChI=1S/C11H16ClN3O4S/c1-7-6-18-4-3-15(7)10-5-9(13-11(12)14-10)8(2)19-20(16)17/h5,7-8H,3-4,6H2,1-2H3,(H,16,17)/p-1/t7-,8?/m0/s1. The monoisotopic (exact) mass is 320 g/mol. The van der Waals surface area contributed by atoms with Gasteiger partial charge in [0.1, 0.15) is 11.9 Å². The van der Waals surface area contributed by atoms with Crippen LogP contribution in [-0.4, -0.2) is 44.5 Å². The number of halogens is 1. The molecule has 112 valence electrons. The van der Waals surface area contributed by atoms with Crippen molar-refractivity contribution in [2.75, 3.05) is 24.7 Å². The maximum absolute atomic E-state index is 10.6. The molecule has 0 N–H and O–H groups in total. The molecule has 1 aromatic heterocycles. The molecule has 9 heteroatoms. The average molecular weight is 321 g/mol. The fourth-order valence-electron chi connectivity index (χ4n) is 2.01. The molecular formula is C11H15ClN3O4S-. The highest BCUT2D eigenvalue weighted by Crippen LogP contribution is 2.24. The fourth-order valence-corrected chi connectivity index (χ4v) is 2.53. The second-order valence-electron chi connectivity index (χ2n) is 4.48. The second kappa shape index (κ2) is 6.77. The molecule has 0 aliphatic carbocycles. The topological polar surface area (TPSA) is 87.6 Å². The Bertz CT molecular complexity index is 505. The van der Waals surface area contributed by atoms with Crippen LogP contribution in [0.3, 0.4) is 0 Å². The van der Waals surface area contributed by atoms with Gasteiger partial charge >= 0.3 is 0 Å². The van der Waals surface area contributed by atoms with Crippen molar-refractivity contribution in [3.63, 3.8) is 0 Å². The van der Waals surface area contributed by atoms with E-state index in [1.54, 1.807) is 13.0 Å². The van der Waals surface area contributed by atoms with Crippen LogP contribution in [0.15, 0.2) is 6.07 Å². The smallest absolute Gasteiger partial charge is 0.224 e. The Morgan fingerprint density at radius 1 is 1.65 bits per heavy atom. The second-order valence-corrected chi connectivity index (χ2v) is 5.42. The molecule has 0 amide bonds. The first-order chi connectivity index (χ1) is 9.47. The van der Waals surface area contributed by atoms with Crippen molar-refractivity contribution in [3.8, 4) is 0 Å². The van der Waals surface area contributed by atoms with Crippen LogP contribution in [0.1, 0.15) is 25.6 Å². The summed E-state index contributed by atoms with van der Waals surface area (Å²) in [5.41, 5.74) is 0.419. The van der Waals surface area contributed by atoms with Crippen LogP contribution in [0.4, 0.5) is 5.82 Å². The Hall–Kier alpha value is -0.800. The van der Waals surface area contributed by atoms with E-state index in [2.05, 4.69) is 14.2 Å². The van der Waals surface area contributed by atoms with Crippen LogP contribution < -0.4 is 4.90 Å². The van der Waals surface area contributed by atoms with E-state index in [0.29, 0.717) is 31.3 Å². The van der Waals surface area contributed by atoms with Gasteiger partial charge in [-0.1, -0.05) is 0 Å². The third-order valence-electron chi connectivity index (χ3n) is 3.01. The molecule has 0 radical (unpaired) electrons. The van der Waals surface area contributed by atoms with Crippen molar-refractivity contribution >= 4 is 28.8 Å². The number of nitrogens with zero attached hydrogens (tertiary/aromatic N) is 3. The third-order valence-corrected chi connectivity index (χ3v) is 3.62. The SMILES string of the molecule is CC(OS(=O)[O-])c1cc(N2CCOC[C@@H]2C)nc(Cl)n1. The highest BCUT2D eigenvalue weighted by Gasteiger charge is 2.22. The number of anilines is 1. The Balaban J connectivity index is 2.25. The molecule has 1 saturated heterocycles. The highest BCUT2D eigenvalue weighted by molar-refractivity contribution is 7.74. The van der Waals surface area contributed by atoms with E-state index >= 15 is 0 Å². The largest absolute Gasteiger partial charge is 0.750 e. The fraction of sp³-hybridized carbons (Fsp3) is 0.636. The number of rotatable bonds is 4. The van der Waals surface area contributed by atoms with Crippen LogP contribution in [-0.2, 0) is 20.3 Å². The van der Waals surface area contributed by atoms with Gasteiger partial charge in [0.05, 0.1) is 36.3 Å². The van der Waals surface area contributed by atoms with Gasteiger partial charge in [-0.3, -0.25) is 4.18 Å². The summed E-state index contributed by atoms with van der Waals surface area (Å²) in [7, 11) is 0. The lowest BCUT2D eigenvalue weighted by Gasteiger charge is -2.34. The van der Waals surface area contributed by atoms with Crippen LogP contribution >= 0.6 is 11.6 Å². The minimum atomic E-state index is -2.61. The third kappa shape index (κ3) is 3.86. The maximum Gasteiger partial charge on any atom is 0.224 e. The molecule has 2 rings (SSSR count). The van der Waals surface area contributed by atoms with Gasteiger partial charge in [0.15, 0.2) is 0 Å². The summed E-state index contributed by atoms with van der Waals surface area (Å²) < 4.78 is 31.2. The zero-order chi connectivity index (χ0) is 14.7. The van der Waals surface area contributed by atoms with E-state index in [4.69, 9.17) is 16.3 Å². The number of hydrogen-bond acceptors (Lipinski definition) is 7. The molecule has 7 nitrogen and oxygen atoms in total. The van der Waals surface area contributed by atoms with Crippen LogP contribution in [0.25, 0.3) is 0 Å². The predicted molar refractivity (Wildman–Crippen MR) is 73.1 cm³/mol. The summed E-state index contributed by atoms with van der Waals surface area (Å²) in [5.74, 6) is 0.642. The van der Waals surface area contributed by atoms with Gasteiger partial charge in [0.25, 0.3) is 0 Å². The van der Waals surface area contributed by atoms with Crippen molar-refractivity contribution < 1.29 is 17.7 Å². The summed E-state index contributed by atoms with van der Waals surface area (Å²) in [6, 6.07) is 1.85. The van der Waals surface area contributed by atoms with E-state index < -0.39 is 17.5 Å². The van der Waals surface area contributed by atoms with E-state index in [1.807, 2.05) is 11.8 Å². The van der Waals surface area contributed by atoms with Gasteiger partial charge in [-0.05, 0) is 25.4 Å². The summed E-state index contributed by atoms with van der Waals surface area (Å²) in [6.45, 7) is 5.50. The Labute approximate surface area is 124 Å². The lowest BCUT2D eigenvalue weighted by atomic mass is 10.2. The molecule has 20 heavy (non-hydrogen) atoms. The average Bonchev–Trinajstić information content (AvgIpc) is 2.37. The molecule has 1 aromatic rings. The van der Waals surface area contributed by atoms with Gasteiger partial charge in [-0.25, -0.2) is 14.2 Å². The zero-order valence-electron chi connectivity index (χ0n) is 11.1. The highest BCUT2D eigenvalue weighted by atomic mass is 35.5. The number of morpholine rings is 1. The molecule has 0 aromatic carbocycles. The van der Waals surface area contributed by atoms with Crippen molar-refractivity contribution in [1.29, 1.82) is 0 Å². The van der Waals surface area contributed by atoms with Gasteiger partial charge in [-0.15, -0.1) is 0 Å². The summed E-state index contributed by atoms with van der Waals surface area (Å²) in [6.07, 6.45) is -0.719. The number of aromatic nitrogens is 2. The molecular weight excluding hydrogens is 306 g/mol. The molecule has 2 unspecified atom stereocenters. The van der Waals surface area contributed by atoms with Crippen LogP contribution in [0, 0.1) is 0 Å². The van der Waals surface area contributed by atoms with E-state index in [1.165, 1.54) is 0 Å². The van der Waals surface area contributed by atoms with Crippen LogP contribution in [0.2, 0.25) is 5.28 Å².